The maximum atomic E-state index is 14.6. The molecule has 9 aliphatic heterocycles. The molecule has 6 N–H and O–H groups in total. The lowest BCUT2D eigenvalue weighted by molar-refractivity contribution is -0.139. The van der Waals surface area contributed by atoms with Crippen LogP contribution in [0.4, 0.5) is 27.6 Å². The van der Waals surface area contributed by atoms with Crippen LogP contribution in [0.2, 0.25) is 15.1 Å². The van der Waals surface area contributed by atoms with Gasteiger partial charge in [-0.15, -0.1) is 34.0 Å². The minimum Gasteiger partial charge on any atom is -0.463 e. The third kappa shape index (κ3) is 21.0. The number of aliphatic hydroxyl groups is 3. The van der Waals surface area contributed by atoms with Gasteiger partial charge >= 0.3 is 36.0 Å². The number of carbonyl (C=O) groups is 6. The third-order valence-corrected chi connectivity index (χ3v) is 26.9. The topological polar surface area (TPSA) is 329 Å². The second-order valence-corrected chi connectivity index (χ2v) is 37.8. The first-order valence-corrected chi connectivity index (χ1v) is 45.9. The molecular weight excluding hydrogens is 1800 g/mol. The average Bonchev–Trinajstić information content (AvgIpc) is 1.75. The zero-order valence-corrected chi connectivity index (χ0v) is 78.2. The van der Waals surface area contributed by atoms with Gasteiger partial charge in [-0.25, -0.2) is 56.9 Å². The number of allylic oxidation sites excluding steroid dienone is 1. The van der Waals surface area contributed by atoms with E-state index in [2.05, 4.69) is 82.4 Å². The monoisotopic (exact) mass is 1910 g/mol. The van der Waals surface area contributed by atoms with E-state index in [0.29, 0.717) is 111 Å². The van der Waals surface area contributed by atoms with Crippen LogP contribution in [0.3, 0.4) is 0 Å². The van der Waals surface area contributed by atoms with E-state index in [1.54, 1.807) is 57.6 Å². The summed E-state index contributed by atoms with van der Waals surface area (Å²) in [6, 6.07) is 9.66. The Morgan fingerprint density at radius 1 is 0.488 bits per heavy atom. The van der Waals surface area contributed by atoms with Crippen molar-refractivity contribution in [1.29, 1.82) is 0 Å². The van der Waals surface area contributed by atoms with Crippen LogP contribution in [-0.4, -0.2) is 280 Å². The predicted molar refractivity (Wildman–Crippen MR) is 481 cm³/mol. The number of ether oxygens (including phenoxy) is 3. The molecule has 29 nitrogen and oxygen atoms in total. The SMILES string of the molecule is CC(C)(C)N1CC2C(CO)CCCN2C1=O.CCOC(=O)C1=C(CBr)NC(c2nccs2)=N[C@H]1c1cccc(F)c1Cl.CCOC(=O)C1=C(CN2CCN3C(=O)N(C(C)(C)C)C[C@@H]3[C@H]2CO)NC(c2nccs2)=N[C@H]1c1cccc(F)c1Cl.CCOC(=O)C1=C(CN2CCN3C(=O)N(C(C)(C)C)C[C@H]3[C@@H]2CO)NC(c2nccs2)=N[C@H]1c1cccc(F)c1Cl.[CH3-]. The number of rotatable bonds is 20. The Balaban J connectivity index is 0.000000170. The molecule has 6 aromatic rings. The smallest absolute Gasteiger partial charge is 0.338 e. The molecule has 125 heavy (non-hydrogen) atoms. The van der Waals surface area contributed by atoms with Gasteiger partial charge in [-0.2, -0.15) is 0 Å². The minimum absolute atomic E-state index is 0. The number of esters is 3. The summed E-state index contributed by atoms with van der Waals surface area (Å²) < 4.78 is 59.3. The van der Waals surface area contributed by atoms with Crippen LogP contribution in [0.1, 0.15) is 146 Å². The molecule has 6 saturated heterocycles. The number of benzene rings is 3. The van der Waals surface area contributed by atoms with E-state index in [1.807, 2.05) is 87.1 Å². The van der Waals surface area contributed by atoms with E-state index in [0.717, 1.165) is 25.9 Å². The van der Waals surface area contributed by atoms with Gasteiger partial charge in [0.1, 0.15) is 35.6 Å². The fourth-order valence-electron chi connectivity index (χ4n) is 16.7. The second kappa shape index (κ2) is 41.6. The van der Waals surface area contributed by atoms with E-state index in [1.165, 1.54) is 70.4 Å². The number of nitrogens with zero attached hydrogens (tertiary/aromatic N) is 14. The van der Waals surface area contributed by atoms with Gasteiger partial charge in [0.2, 0.25) is 0 Å². The van der Waals surface area contributed by atoms with Gasteiger partial charge in [0.05, 0.1) is 95.0 Å². The highest BCUT2D eigenvalue weighted by molar-refractivity contribution is 9.09. The number of carbonyl (C=O) groups excluding carboxylic acids is 6. The highest BCUT2D eigenvalue weighted by Gasteiger charge is 2.53. The molecule has 0 aliphatic carbocycles. The number of halogens is 7. The van der Waals surface area contributed by atoms with Crippen molar-refractivity contribution in [2.45, 2.75) is 161 Å². The number of piperazine rings is 2. The van der Waals surface area contributed by atoms with Gasteiger partial charge in [0.15, 0.2) is 32.5 Å². The number of nitrogens with one attached hydrogen (secondary N) is 3. The van der Waals surface area contributed by atoms with Crippen molar-refractivity contribution in [2.24, 2.45) is 20.9 Å². The lowest BCUT2D eigenvalue weighted by Crippen LogP contribution is -2.61. The number of amides is 6. The van der Waals surface area contributed by atoms with Crippen LogP contribution in [0.15, 0.2) is 138 Å². The van der Waals surface area contributed by atoms with Crippen molar-refractivity contribution in [3.05, 3.63) is 195 Å². The third-order valence-electron chi connectivity index (χ3n) is 22.8. The Labute approximate surface area is 761 Å². The van der Waals surface area contributed by atoms with Crippen molar-refractivity contribution < 1.29 is 71.5 Å². The quantitative estimate of drug-likeness (QED) is 0.0179. The molecule has 2 unspecified atom stereocenters. The molecule has 9 aliphatic rings. The lowest BCUT2D eigenvalue weighted by atomic mass is 9.90. The maximum absolute atomic E-state index is 14.6. The molecule has 9 atom stereocenters. The van der Waals surface area contributed by atoms with Crippen LogP contribution < -0.4 is 16.0 Å². The molecule has 6 fully saturated rings. The summed E-state index contributed by atoms with van der Waals surface area (Å²) in [7, 11) is 0. The van der Waals surface area contributed by atoms with Gasteiger partial charge in [0.25, 0.3) is 0 Å². The van der Waals surface area contributed by atoms with E-state index in [4.69, 9.17) is 59.0 Å². The summed E-state index contributed by atoms with van der Waals surface area (Å²) in [4.78, 5) is 121. The largest absolute Gasteiger partial charge is 0.463 e. The van der Waals surface area contributed by atoms with Crippen LogP contribution in [0.5, 0.6) is 0 Å². The van der Waals surface area contributed by atoms with Crippen molar-refractivity contribution in [1.82, 2.24) is 70.1 Å². The van der Waals surface area contributed by atoms with E-state index in [9.17, 15) is 57.3 Å². The number of aromatic nitrogens is 3. The zero-order valence-electron chi connectivity index (χ0n) is 71.9. The molecule has 39 heteroatoms. The van der Waals surface area contributed by atoms with Crippen molar-refractivity contribution in [3.63, 3.8) is 0 Å². The number of thiazole rings is 3. The maximum Gasteiger partial charge on any atom is 0.338 e. The summed E-state index contributed by atoms with van der Waals surface area (Å²) in [5, 5.41) is 47.5. The molecule has 3 aromatic heterocycles. The highest BCUT2D eigenvalue weighted by atomic mass is 79.9. The Hall–Kier alpha value is -8.66. The summed E-state index contributed by atoms with van der Waals surface area (Å²) in [5.74, 6) is -1.94. The fourth-order valence-corrected chi connectivity index (χ4v) is 19.6. The Morgan fingerprint density at radius 3 is 1.10 bits per heavy atom. The number of piperidine rings is 1. The van der Waals surface area contributed by atoms with Crippen molar-refractivity contribution in [3.8, 4) is 0 Å². The second-order valence-electron chi connectivity index (χ2n) is 33.4. The highest BCUT2D eigenvalue weighted by Crippen LogP contribution is 2.44. The molecule has 0 spiro atoms. The fraction of sp³-hybridized carbons (Fsp3) is 0.500. The molecule has 0 bridgehead atoms. The van der Waals surface area contributed by atoms with E-state index < -0.39 is 53.5 Å². The summed E-state index contributed by atoms with van der Waals surface area (Å²) in [5.41, 5.74) is 2.48. The normalized spacial score (nSPS) is 22.8. The predicted octanol–water partition coefficient (Wildman–Crippen LogP) is 12.8. The average molecular weight is 1910 g/mol. The zero-order chi connectivity index (χ0) is 89.6. The van der Waals surface area contributed by atoms with Crippen LogP contribution in [0, 0.1) is 30.8 Å². The molecule has 0 saturated carbocycles. The lowest BCUT2D eigenvalue weighted by Gasteiger charge is -2.43. The van der Waals surface area contributed by atoms with Crippen LogP contribution >= 0.6 is 84.7 Å². The Morgan fingerprint density at radius 2 is 0.808 bits per heavy atom. The molecular formula is C86H107BrCl3F3N17O12S3-. The van der Waals surface area contributed by atoms with Gasteiger partial charge in [-0.05, 0) is 114 Å². The Bertz CT molecular complexity index is 4880. The summed E-state index contributed by atoms with van der Waals surface area (Å²) in [6.07, 6.45) is 7.02. The molecule has 3 aromatic carbocycles. The number of fused-ring (bicyclic) bond motifs is 3. The number of aliphatic imine (C=N–C) groups is 3. The van der Waals surface area contributed by atoms with Crippen molar-refractivity contribution >= 4 is 138 Å². The summed E-state index contributed by atoms with van der Waals surface area (Å²) in [6.45, 7) is 28.6. The van der Waals surface area contributed by atoms with Crippen LogP contribution in [0.25, 0.3) is 0 Å². The first-order valence-electron chi connectivity index (χ1n) is 41.0. The van der Waals surface area contributed by atoms with Gasteiger partial charge in [0, 0.05) is 168 Å². The number of alkyl halides is 1. The van der Waals surface area contributed by atoms with E-state index >= 15 is 0 Å². The van der Waals surface area contributed by atoms with Gasteiger partial charge in [-0.1, -0.05) is 87.1 Å². The van der Waals surface area contributed by atoms with E-state index in [-0.39, 0.29) is 163 Å². The first-order chi connectivity index (χ1) is 59.1. The van der Waals surface area contributed by atoms with Crippen molar-refractivity contribution in [2.75, 3.05) is 110 Å². The molecule has 676 valence electrons. The Kier molecular flexibility index (Phi) is 32.3. The molecule has 6 amide bonds. The van der Waals surface area contributed by atoms with Crippen LogP contribution in [-0.2, 0) is 28.6 Å². The number of amidine groups is 3. The molecule has 0 radical (unpaired) electrons. The standard InChI is InChI=1S/2C28H34ClFN6O4S.C17H14BrClFN3O2S.C12H22N2O2.CH3/c2*1-5-40-26(38)21-18(13-34-10-11-35-19(20(34)15-37)14-36(27(35)39)28(2,3)4)32-24(25-31-9-12-41-25)33-23(21)16-7-6-8-17(30)22(16)29;1-2-25-17(24)12-11(8-18)22-15(16-21-6-7-26-16)23-14(12)9-4-3-5-10(20)13(9)19;1-12(2,3)14-7-10-9(8-15)5-4-6-13(10)11(14)16;/h2*6-9,12,19-20,23,37H,5,10-11,13-15H2,1-4H3,(H,32,33);3-7,14H,2,8H2,1H3,(H,22,23);9-10,15H,4-8H2,1-3H3;1H3/q;;;;-1/t19-,20-,23+;19-,20-,23-;14-;;/m100../s1. The first kappa shape index (κ1) is 97.0. The molecule has 15 rings (SSSR count). The number of hydrogen-bond donors (Lipinski definition) is 6. The van der Waals surface area contributed by atoms with Gasteiger partial charge < -0.3 is 82.3 Å². The molecule has 12 heterocycles. The minimum atomic E-state index is -0.953. The summed E-state index contributed by atoms with van der Waals surface area (Å²) >= 11 is 26.5. The number of urea groups is 3. The number of hydrogen-bond acceptors (Lipinski definition) is 26. The van der Waals surface area contributed by atoms with Gasteiger partial charge in [-0.3, -0.25) is 24.8 Å². The number of aliphatic hydroxyl groups excluding tert-OH is 3.